The van der Waals surface area contributed by atoms with Crippen LogP contribution in [0.5, 0.6) is 0 Å². The first-order chi connectivity index (χ1) is 8.69. The summed E-state index contributed by atoms with van der Waals surface area (Å²) >= 11 is 3.56. The molecule has 0 spiro atoms. The van der Waals surface area contributed by atoms with Gasteiger partial charge >= 0.3 is 0 Å². The number of aryl methyl sites for hydroxylation is 1. The van der Waals surface area contributed by atoms with Crippen LogP contribution in [-0.2, 0) is 6.42 Å². The topological polar surface area (TPSA) is 24.9 Å². The highest BCUT2D eigenvalue weighted by atomic mass is 79.9. The van der Waals surface area contributed by atoms with Crippen LogP contribution < -0.4 is 5.32 Å². The molecule has 1 heterocycles. The fourth-order valence-electron chi connectivity index (χ4n) is 2.11. The molecule has 1 aromatic heterocycles. The van der Waals surface area contributed by atoms with Gasteiger partial charge < -0.3 is 5.32 Å². The molecule has 0 bridgehead atoms. The normalized spacial score (nSPS) is 12.4. The summed E-state index contributed by atoms with van der Waals surface area (Å²) in [4.78, 5) is 4.05. The highest BCUT2D eigenvalue weighted by molar-refractivity contribution is 9.10. The Morgan fingerprint density at radius 2 is 1.94 bits per heavy atom. The van der Waals surface area contributed by atoms with E-state index in [4.69, 9.17) is 0 Å². The zero-order valence-corrected chi connectivity index (χ0v) is 12.2. The molecule has 0 saturated carbocycles. The summed E-state index contributed by atoms with van der Waals surface area (Å²) < 4.78 is 1.13. The van der Waals surface area contributed by atoms with Gasteiger partial charge in [0.05, 0.1) is 0 Å². The second-order valence-corrected chi connectivity index (χ2v) is 5.38. The third-order valence-corrected chi connectivity index (χ3v) is 3.46. The Morgan fingerprint density at radius 3 is 2.56 bits per heavy atom. The quantitative estimate of drug-likeness (QED) is 0.932. The van der Waals surface area contributed by atoms with E-state index < -0.39 is 0 Å². The van der Waals surface area contributed by atoms with E-state index in [9.17, 15) is 0 Å². The molecule has 0 aliphatic heterocycles. The van der Waals surface area contributed by atoms with Crippen LogP contribution in [0.1, 0.15) is 22.7 Å². The zero-order valence-electron chi connectivity index (χ0n) is 10.7. The van der Waals surface area contributed by atoms with Gasteiger partial charge in [-0.15, -0.1) is 0 Å². The van der Waals surface area contributed by atoms with Crippen LogP contribution in [0.3, 0.4) is 0 Å². The van der Waals surface area contributed by atoms with Crippen molar-refractivity contribution in [3.05, 3.63) is 63.9 Å². The predicted molar refractivity (Wildman–Crippen MR) is 78.6 cm³/mol. The van der Waals surface area contributed by atoms with E-state index in [0.717, 1.165) is 10.9 Å². The number of pyridine rings is 1. The van der Waals surface area contributed by atoms with Crippen LogP contribution in [-0.4, -0.2) is 12.0 Å². The fraction of sp³-hybridized carbons (Fsp3) is 0.267. The molecule has 18 heavy (non-hydrogen) atoms. The maximum absolute atomic E-state index is 4.05. The Morgan fingerprint density at radius 1 is 1.22 bits per heavy atom. The van der Waals surface area contributed by atoms with Gasteiger partial charge in [-0.05, 0) is 61.3 Å². The largest absolute Gasteiger partial charge is 0.313 e. The van der Waals surface area contributed by atoms with Crippen molar-refractivity contribution >= 4 is 15.9 Å². The molecule has 2 rings (SSSR count). The van der Waals surface area contributed by atoms with E-state index in [0.29, 0.717) is 6.04 Å². The van der Waals surface area contributed by atoms with Crippen LogP contribution in [0, 0.1) is 6.92 Å². The maximum Gasteiger partial charge on any atom is 0.0358 e. The van der Waals surface area contributed by atoms with Gasteiger partial charge in [-0.1, -0.05) is 22.0 Å². The molecule has 0 saturated heterocycles. The molecular weight excluding hydrogens is 288 g/mol. The SMILES string of the molecule is CNC(Cc1ccncc1)c1cc(C)cc(Br)c1. The van der Waals surface area contributed by atoms with Crippen molar-refractivity contribution in [3.63, 3.8) is 0 Å². The Hall–Kier alpha value is -1.19. The number of nitrogens with one attached hydrogen (secondary N) is 1. The minimum Gasteiger partial charge on any atom is -0.313 e. The van der Waals surface area contributed by atoms with Crippen molar-refractivity contribution in [3.8, 4) is 0 Å². The third kappa shape index (κ3) is 3.40. The summed E-state index contributed by atoms with van der Waals surface area (Å²) in [5.74, 6) is 0. The Bertz CT molecular complexity index is 491. The third-order valence-electron chi connectivity index (χ3n) is 3.00. The first-order valence-corrected chi connectivity index (χ1v) is 6.81. The highest BCUT2D eigenvalue weighted by Crippen LogP contribution is 2.23. The van der Waals surface area contributed by atoms with Gasteiger partial charge in [0.25, 0.3) is 0 Å². The lowest BCUT2D eigenvalue weighted by atomic mass is 9.98. The molecule has 0 aliphatic rings. The number of hydrogen-bond acceptors (Lipinski definition) is 2. The lowest BCUT2D eigenvalue weighted by Gasteiger charge is -2.17. The summed E-state index contributed by atoms with van der Waals surface area (Å²) in [6, 6.07) is 11.0. The predicted octanol–water partition coefficient (Wildman–Crippen LogP) is 3.66. The number of hydrogen-bond donors (Lipinski definition) is 1. The number of likely N-dealkylation sites (N-methyl/N-ethyl adjacent to an activating group) is 1. The monoisotopic (exact) mass is 304 g/mol. The van der Waals surface area contributed by atoms with Crippen molar-refractivity contribution in [1.29, 1.82) is 0 Å². The van der Waals surface area contributed by atoms with Gasteiger partial charge in [-0.25, -0.2) is 0 Å². The molecule has 1 N–H and O–H groups in total. The lowest BCUT2D eigenvalue weighted by Crippen LogP contribution is -2.19. The number of benzene rings is 1. The van der Waals surface area contributed by atoms with Gasteiger partial charge in [-0.3, -0.25) is 4.98 Å². The molecule has 0 radical (unpaired) electrons. The van der Waals surface area contributed by atoms with Crippen LogP contribution in [0.4, 0.5) is 0 Å². The van der Waals surface area contributed by atoms with Crippen LogP contribution >= 0.6 is 15.9 Å². The summed E-state index contributed by atoms with van der Waals surface area (Å²) in [5.41, 5.74) is 3.87. The van der Waals surface area contributed by atoms with Gasteiger partial charge in [0.2, 0.25) is 0 Å². The average molecular weight is 305 g/mol. The van der Waals surface area contributed by atoms with E-state index in [-0.39, 0.29) is 0 Å². The fourth-order valence-corrected chi connectivity index (χ4v) is 2.73. The Balaban J connectivity index is 2.23. The van der Waals surface area contributed by atoms with Crippen molar-refractivity contribution in [2.45, 2.75) is 19.4 Å². The molecule has 2 nitrogen and oxygen atoms in total. The number of rotatable bonds is 4. The van der Waals surface area contributed by atoms with Gasteiger partial charge in [0.1, 0.15) is 0 Å². The van der Waals surface area contributed by atoms with Gasteiger partial charge in [0, 0.05) is 22.9 Å². The Kier molecular flexibility index (Phi) is 4.50. The highest BCUT2D eigenvalue weighted by Gasteiger charge is 2.11. The first kappa shape index (κ1) is 13.2. The van der Waals surface area contributed by atoms with Crippen LogP contribution in [0.2, 0.25) is 0 Å². The van der Waals surface area contributed by atoms with Crippen LogP contribution in [0.25, 0.3) is 0 Å². The smallest absolute Gasteiger partial charge is 0.0358 e. The standard InChI is InChI=1S/C15H17BrN2/c1-11-7-13(10-14(16)8-11)15(17-2)9-12-3-5-18-6-4-12/h3-8,10,15,17H,9H2,1-2H3. The van der Waals surface area contributed by atoms with E-state index in [1.807, 2.05) is 19.4 Å². The average Bonchev–Trinajstić information content (AvgIpc) is 2.36. The van der Waals surface area contributed by atoms with Crippen LogP contribution in [0.15, 0.2) is 47.2 Å². The van der Waals surface area contributed by atoms with E-state index in [2.05, 4.69) is 63.5 Å². The summed E-state index contributed by atoms with van der Waals surface area (Å²) in [5, 5.41) is 3.38. The first-order valence-electron chi connectivity index (χ1n) is 6.02. The molecule has 1 unspecified atom stereocenters. The molecular formula is C15H17BrN2. The van der Waals surface area contributed by atoms with E-state index in [1.165, 1.54) is 16.7 Å². The van der Waals surface area contributed by atoms with Crippen molar-refractivity contribution in [2.24, 2.45) is 0 Å². The Labute approximate surface area is 117 Å². The van der Waals surface area contributed by atoms with E-state index >= 15 is 0 Å². The lowest BCUT2D eigenvalue weighted by molar-refractivity contribution is 0.591. The van der Waals surface area contributed by atoms with Gasteiger partial charge in [-0.2, -0.15) is 0 Å². The minimum atomic E-state index is 0.323. The minimum absolute atomic E-state index is 0.323. The molecule has 0 fully saturated rings. The van der Waals surface area contributed by atoms with E-state index in [1.54, 1.807) is 0 Å². The van der Waals surface area contributed by atoms with Crippen molar-refractivity contribution in [1.82, 2.24) is 10.3 Å². The zero-order chi connectivity index (χ0) is 13.0. The number of halogens is 1. The number of aromatic nitrogens is 1. The molecule has 1 atom stereocenters. The maximum atomic E-state index is 4.05. The van der Waals surface area contributed by atoms with Gasteiger partial charge in [0.15, 0.2) is 0 Å². The molecule has 2 aromatic rings. The molecule has 0 aliphatic carbocycles. The summed E-state index contributed by atoms with van der Waals surface area (Å²) in [6.07, 6.45) is 4.65. The van der Waals surface area contributed by atoms with Crippen molar-refractivity contribution < 1.29 is 0 Å². The molecule has 0 amide bonds. The summed E-state index contributed by atoms with van der Waals surface area (Å²) in [6.45, 7) is 2.12. The summed E-state index contributed by atoms with van der Waals surface area (Å²) in [7, 11) is 2.00. The second-order valence-electron chi connectivity index (χ2n) is 4.46. The molecule has 1 aromatic carbocycles. The molecule has 3 heteroatoms. The second kappa shape index (κ2) is 6.12. The molecule has 94 valence electrons. The number of nitrogens with zero attached hydrogens (tertiary/aromatic N) is 1. The van der Waals surface area contributed by atoms with Crippen molar-refractivity contribution in [2.75, 3.05) is 7.05 Å².